The highest BCUT2D eigenvalue weighted by Gasteiger charge is 2.28. The Hall–Kier alpha value is -1.65. The Morgan fingerprint density at radius 1 is 1.27 bits per heavy atom. The van der Waals surface area contributed by atoms with Gasteiger partial charge in [0.15, 0.2) is 11.6 Å². The van der Waals surface area contributed by atoms with Crippen LogP contribution in [-0.4, -0.2) is 24.5 Å². The second-order valence-electron chi connectivity index (χ2n) is 6.86. The van der Waals surface area contributed by atoms with Crippen LogP contribution >= 0.6 is 0 Å². The van der Waals surface area contributed by atoms with Crippen molar-refractivity contribution < 1.29 is 0 Å². The first-order valence-electron chi connectivity index (χ1n) is 8.56. The minimum absolute atomic E-state index is 0.679. The molecule has 0 saturated heterocycles. The van der Waals surface area contributed by atoms with Gasteiger partial charge in [-0.2, -0.15) is 10.2 Å². The molecule has 120 valence electrons. The molecule has 5 heteroatoms. The zero-order valence-corrected chi connectivity index (χ0v) is 14.2. The van der Waals surface area contributed by atoms with E-state index in [1.807, 2.05) is 16.4 Å². The molecule has 1 saturated carbocycles. The number of nitrogens with zero attached hydrogens (tertiary/aromatic N) is 5. The van der Waals surface area contributed by atoms with E-state index in [0.717, 1.165) is 43.1 Å². The molecule has 0 unspecified atom stereocenters. The molecule has 0 bridgehead atoms. The van der Waals surface area contributed by atoms with Gasteiger partial charge in [-0.05, 0) is 37.7 Å². The first kappa shape index (κ1) is 15.3. The standard InChI is InChI=1S/C17H27N5/c1-5-10-22-17(18-16(20-22)9-6-12(2)3)14-11-15(13-7-8-13)21(4)19-14/h11-13H,5-10H2,1-4H3. The van der Waals surface area contributed by atoms with E-state index in [4.69, 9.17) is 10.1 Å². The molecule has 1 fully saturated rings. The Labute approximate surface area is 132 Å². The van der Waals surface area contributed by atoms with E-state index in [9.17, 15) is 0 Å². The quantitative estimate of drug-likeness (QED) is 0.785. The molecule has 5 nitrogen and oxygen atoms in total. The van der Waals surface area contributed by atoms with Gasteiger partial charge in [0, 0.05) is 31.6 Å². The lowest BCUT2D eigenvalue weighted by atomic mass is 10.1. The molecule has 22 heavy (non-hydrogen) atoms. The third kappa shape index (κ3) is 3.23. The number of aromatic nitrogens is 5. The molecule has 0 radical (unpaired) electrons. The van der Waals surface area contributed by atoms with Crippen LogP contribution in [0.2, 0.25) is 0 Å². The van der Waals surface area contributed by atoms with Gasteiger partial charge in [0.25, 0.3) is 0 Å². The molecule has 0 aliphatic heterocycles. The van der Waals surface area contributed by atoms with Crippen molar-refractivity contribution in [2.24, 2.45) is 13.0 Å². The summed E-state index contributed by atoms with van der Waals surface area (Å²) in [5.41, 5.74) is 2.31. The summed E-state index contributed by atoms with van der Waals surface area (Å²) < 4.78 is 4.06. The third-order valence-electron chi connectivity index (χ3n) is 4.24. The zero-order valence-electron chi connectivity index (χ0n) is 14.2. The van der Waals surface area contributed by atoms with Crippen LogP contribution in [0.4, 0.5) is 0 Å². The maximum absolute atomic E-state index is 4.78. The number of hydrogen-bond acceptors (Lipinski definition) is 3. The Balaban J connectivity index is 1.88. The topological polar surface area (TPSA) is 48.5 Å². The molecule has 3 rings (SSSR count). The number of hydrogen-bond donors (Lipinski definition) is 0. The Morgan fingerprint density at radius 2 is 2.05 bits per heavy atom. The van der Waals surface area contributed by atoms with Crippen LogP contribution in [-0.2, 0) is 20.0 Å². The molecular formula is C17H27N5. The lowest BCUT2D eigenvalue weighted by Gasteiger charge is -2.01. The van der Waals surface area contributed by atoms with Gasteiger partial charge >= 0.3 is 0 Å². The largest absolute Gasteiger partial charge is 0.272 e. The normalized spacial score (nSPS) is 15.0. The summed E-state index contributed by atoms with van der Waals surface area (Å²) in [6.07, 6.45) is 5.72. The molecule has 2 aromatic heterocycles. The summed E-state index contributed by atoms with van der Waals surface area (Å²) >= 11 is 0. The van der Waals surface area contributed by atoms with Crippen LogP contribution in [0, 0.1) is 5.92 Å². The molecule has 0 atom stereocenters. The van der Waals surface area contributed by atoms with E-state index in [2.05, 4.69) is 31.9 Å². The molecule has 0 spiro atoms. The van der Waals surface area contributed by atoms with Crippen LogP contribution in [0.25, 0.3) is 11.5 Å². The van der Waals surface area contributed by atoms with Gasteiger partial charge in [-0.25, -0.2) is 9.67 Å². The smallest absolute Gasteiger partial charge is 0.178 e. The van der Waals surface area contributed by atoms with E-state index in [1.165, 1.54) is 18.5 Å². The fourth-order valence-corrected chi connectivity index (χ4v) is 2.82. The summed E-state index contributed by atoms with van der Waals surface area (Å²) in [6, 6.07) is 2.21. The van der Waals surface area contributed by atoms with E-state index in [-0.39, 0.29) is 0 Å². The fourth-order valence-electron chi connectivity index (χ4n) is 2.82. The average Bonchev–Trinajstić information content (AvgIpc) is 3.12. The summed E-state index contributed by atoms with van der Waals surface area (Å²) in [5.74, 6) is 3.27. The molecule has 1 aliphatic rings. The van der Waals surface area contributed by atoms with E-state index in [0.29, 0.717) is 11.8 Å². The predicted molar refractivity (Wildman–Crippen MR) is 87.6 cm³/mol. The Bertz CT molecular complexity index is 634. The second kappa shape index (κ2) is 6.23. The van der Waals surface area contributed by atoms with Crippen molar-refractivity contribution in [3.8, 4) is 11.5 Å². The number of rotatable bonds is 7. The monoisotopic (exact) mass is 301 g/mol. The fraction of sp³-hybridized carbons (Fsp3) is 0.706. The summed E-state index contributed by atoms with van der Waals surface area (Å²) in [5, 5.41) is 9.39. The average molecular weight is 301 g/mol. The highest BCUT2D eigenvalue weighted by atomic mass is 15.4. The van der Waals surface area contributed by atoms with Crippen LogP contribution in [0.1, 0.15) is 63.9 Å². The van der Waals surface area contributed by atoms with Crippen molar-refractivity contribution in [2.75, 3.05) is 0 Å². The highest BCUT2D eigenvalue weighted by molar-refractivity contribution is 5.50. The molecule has 0 aromatic carbocycles. The molecule has 2 aromatic rings. The van der Waals surface area contributed by atoms with Crippen LogP contribution in [0.15, 0.2) is 6.07 Å². The minimum Gasteiger partial charge on any atom is -0.272 e. The number of aryl methyl sites for hydroxylation is 3. The SMILES string of the molecule is CCCn1nc(CCC(C)C)nc1-c1cc(C2CC2)n(C)n1. The van der Waals surface area contributed by atoms with Gasteiger partial charge in [0.1, 0.15) is 5.69 Å². The molecular weight excluding hydrogens is 274 g/mol. The van der Waals surface area contributed by atoms with E-state index >= 15 is 0 Å². The van der Waals surface area contributed by atoms with E-state index in [1.54, 1.807) is 0 Å². The molecule has 0 N–H and O–H groups in total. The van der Waals surface area contributed by atoms with Crippen LogP contribution < -0.4 is 0 Å². The minimum atomic E-state index is 0.679. The molecule has 1 aliphatic carbocycles. The molecule has 0 amide bonds. The van der Waals surface area contributed by atoms with Gasteiger partial charge < -0.3 is 0 Å². The maximum atomic E-state index is 4.78. The van der Waals surface area contributed by atoms with Crippen LogP contribution in [0.3, 0.4) is 0 Å². The Morgan fingerprint density at radius 3 is 2.68 bits per heavy atom. The first-order valence-corrected chi connectivity index (χ1v) is 8.56. The summed E-state index contributed by atoms with van der Waals surface area (Å²) in [4.78, 5) is 4.78. The van der Waals surface area contributed by atoms with Crippen molar-refractivity contribution in [1.29, 1.82) is 0 Å². The van der Waals surface area contributed by atoms with Gasteiger partial charge in [0.05, 0.1) is 0 Å². The lowest BCUT2D eigenvalue weighted by Crippen LogP contribution is -2.03. The van der Waals surface area contributed by atoms with Crippen molar-refractivity contribution in [3.63, 3.8) is 0 Å². The van der Waals surface area contributed by atoms with Crippen LogP contribution in [0.5, 0.6) is 0 Å². The lowest BCUT2D eigenvalue weighted by molar-refractivity contribution is 0.559. The first-order chi connectivity index (χ1) is 10.6. The van der Waals surface area contributed by atoms with Crippen molar-refractivity contribution in [2.45, 2.75) is 65.3 Å². The van der Waals surface area contributed by atoms with Crippen molar-refractivity contribution >= 4 is 0 Å². The van der Waals surface area contributed by atoms with Crippen molar-refractivity contribution in [1.82, 2.24) is 24.5 Å². The van der Waals surface area contributed by atoms with E-state index < -0.39 is 0 Å². The third-order valence-corrected chi connectivity index (χ3v) is 4.24. The van der Waals surface area contributed by atoms with Gasteiger partial charge in [-0.3, -0.25) is 4.68 Å². The van der Waals surface area contributed by atoms with Gasteiger partial charge in [-0.1, -0.05) is 20.8 Å². The predicted octanol–water partition coefficient (Wildman–Crippen LogP) is 3.55. The second-order valence-corrected chi connectivity index (χ2v) is 6.86. The van der Waals surface area contributed by atoms with Crippen molar-refractivity contribution in [3.05, 3.63) is 17.6 Å². The maximum Gasteiger partial charge on any atom is 0.178 e. The summed E-state index contributed by atoms with van der Waals surface area (Å²) in [6.45, 7) is 7.56. The highest BCUT2D eigenvalue weighted by Crippen LogP contribution is 2.40. The summed E-state index contributed by atoms with van der Waals surface area (Å²) in [7, 11) is 2.04. The van der Waals surface area contributed by atoms with Gasteiger partial charge in [0.2, 0.25) is 0 Å². The zero-order chi connectivity index (χ0) is 15.7. The Kier molecular flexibility index (Phi) is 4.32. The molecule has 2 heterocycles. The van der Waals surface area contributed by atoms with Gasteiger partial charge in [-0.15, -0.1) is 0 Å².